The lowest BCUT2D eigenvalue weighted by molar-refractivity contribution is 0.0727. The van der Waals surface area contributed by atoms with Crippen LogP contribution in [0.2, 0.25) is 0 Å². The summed E-state index contributed by atoms with van der Waals surface area (Å²) in [7, 11) is 0. The Morgan fingerprint density at radius 2 is 1.80 bits per heavy atom. The lowest BCUT2D eigenvalue weighted by Gasteiger charge is -2.06. The van der Waals surface area contributed by atoms with Crippen LogP contribution in [0.15, 0.2) is 42.5 Å². The molecule has 2 aromatic carbocycles. The van der Waals surface area contributed by atoms with E-state index in [1.54, 1.807) is 12.1 Å². The third-order valence-corrected chi connectivity index (χ3v) is 2.82. The van der Waals surface area contributed by atoms with Gasteiger partial charge in [-0.15, -0.1) is 0 Å². The van der Waals surface area contributed by atoms with Crippen molar-refractivity contribution in [1.82, 2.24) is 0 Å². The molecule has 0 N–H and O–H groups in total. The van der Waals surface area contributed by atoms with Crippen LogP contribution in [-0.2, 0) is 6.42 Å². The summed E-state index contributed by atoms with van der Waals surface area (Å²) in [6.45, 7) is 2.07. The molecule has 0 bridgehead atoms. The van der Waals surface area contributed by atoms with E-state index < -0.39 is 17.6 Å². The maximum atomic E-state index is 13.4. The molecule has 4 heteroatoms. The van der Waals surface area contributed by atoms with Crippen molar-refractivity contribution in [2.24, 2.45) is 0 Å². The van der Waals surface area contributed by atoms with Gasteiger partial charge in [0.05, 0.1) is 5.56 Å². The molecule has 0 fully saturated rings. The molecule has 2 rings (SSSR count). The highest BCUT2D eigenvalue weighted by atomic mass is 19.1. The fourth-order valence-corrected chi connectivity index (χ4v) is 1.81. The Labute approximate surface area is 116 Å². The van der Waals surface area contributed by atoms with Crippen molar-refractivity contribution in [2.45, 2.75) is 19.8 Å². The van der Waals surface area contributed by atoms with E-state index in [1.165, 1.54) is 0 Å². The van der Waals surface area contributed by atoms with Gasteiger partial charge < -0.3 is 4.74 Å². The Bertz CT molecular complexity index is 606. The maximum Gasteiger partial charge on any atom is 0.343 e. The van der Waals surface area contributed by atoms with Crippen molar-refractivity contribution < 1.29 is 18.3 Å². The number of benzene rings is 2. The standard InChI is InChI=1S/C16H14F2O2/c1-2-3-11-4-6-12(7-5-11)16(19)20-15-9-8-13(17)10-14(15)18/h4-10H,2-3H2,1H3. The summed E-state index contributed by atoms with van der Waals surface area (Å²) in [4.78, 5) is 11.8. The van der Waals surface area contributed by atoms with Crippen molar-refractivity contribution in [1.29, 1.82) is 0 Å². The Morgan fingerprint density at radius 1 is 1.10 bits per heavy atom. The van der Waals surface area contributed by atoms with Crippen molar-refractivity contribution in [3.8, 4) is 5.75 Å². The second kappa shape index (κ2) is 6.28. The van der Waals surface area contributed by atoms with Gasteiger partial charge in [0.25, 0.3) is 0 Å². The van der Waals surface area contributed by atoms with Gasteiger partial charge >= 0.3 is 5.97 Å². The maximum absolute atomic E-state index is 13.4. The molecular weight excluding hydrogens is 262 g/mol. The van der Waals surface area contributed by atoms with Crippen LogP contribution in [-0.4, -0.2) is 5.97 Å². The Kier molecular flexibility index (Phi) is 4.45. The molecule has 0 unspecified atom stereocenters. The molecule has 0 aromatic heterocycles. The van der Waals surface area contributed by atoms with Gasteiger partial charge in [-0.25, -0.2) is 13.6 Å². The first-order valence-corrected chi connectivity index (χ1v) is 6.36. The quantitative estimate of drug-likeness (QED) is 0.619. The summed E-state index contributed by atoms with van der Waals surface area (Å²) in [6.07, 6.45) is 1.95. The number of halogens is 2. The highest BCUT2D eigenvalue weighted by Gasteiger charge is 2.12. The van der Waals surface area contributed by atoms with Gasteiger partial charge in [0.15, 0.2) is 11.6 Å². The Balaban J connectivity index is 2.11. The molecule has 0 amide bonds. The molecule has 0 heterocycles. The predicted molar refractivity (Wildman–Crippen MR) is 71.8 cm³/mol. The number of aryl methyl sites for hydroxylation is 1. The summed E-state index contributed by atoms with van der Waals surface area (Å²) >= 11 is 0. The largest absolute Gasteiger partial charge is 0.420 e. The number of esters is 1. The van der Waals surface area contributed by atoms with E-state index in [0.717, 1.165) is 30.5 Å². The van der Waals surface area contributed by atoms with E-state index in [9.17, 15) is 13.6 Å². The summed E-state index contributed by atoms with van der Waals surface area (Å²) in [5, 5.41) is 0. The van der Waals surface area contributed by atoms with Gasteiger partial charge in [0.2, 0.25) is 0 Å². The summed E-state index contributed by atoms with van der Waals surface area (Å²) in [5.41, 5.74) is 1.45. The first-order chi connectivity index (χ1) is 9.60. The number of hydrogen-bond donors (Lipinski definition) is 0. The van der Waals surface area contributed by atoms with Crippen LogP contribution in [0.25, 0.3) is 0 Å². The van der Waals surface area contributed by atoms with Crippen LogP contribution in [0.4, 0.5) is 8.78 Å². The number of ether oxygens (including phenoxy) is 1. The number of carbonyl (C=O) groups is 1. The zero-order valence-electron chi connectivity index (χ0n) is 11.0. The molecule has 0 aliphatic heterocycles. The normalized spacial score (nSPS) is 10.3. The molecule has 0 saturated heterocycles. The van der Waals surface area contributed by atoms with Crippen LogP contribution in [0.3, 0.4) is 0 Å². The molecular formula is C16H14F2O2. The van der Waals surface area contributed by atoms with Gasteiger partial charge in [-0.1, -0.05) is 25.5 Å². The molecule has 0 saturated carbocycles. The second-order valence-electron chi connectivity index (χ2n) is 4.41. The Hall–Kier alpha value is -2.23. The highest BCUT2D eigenvalue weighted by Crippen LogP contribution is 2.19. The summed E-state index contributed by atoms with van der Waals surface area (Å²) < 4.78 is 31.0. The topological polar surface area (TPSA) is 26.3 Å². The minimum atomic E-state index is -0.902. The lowest BCUT2D eigenvalue weighted by atomic mass is 10.1. The van der Waals surface area contributed by atoms with Crippen LogP contribution < -0.4 is 4.74 Å². The van der Waals surface area contributed by atoms with E-state index >= 15 is 0 Å². The van der Waals surface area contributed by atoms with Crippen LogP contribution >= 0.6 is 0 Å². The van der Waals surface area contributed by atoms with Crippen molar-refractivity contribution in [3.05, 3.63) is 65.2 Å². The highest BCUT2D eigenvalue weighted by molar-refractivity contribution is 5.91. The number of rotatable bonds is 4. The molecule has 2 nitrogen and oxygen atoms in total. The van der Waals surface area contributed by atoms with E-state index in [2.05, 4.69) is 6.92 Å². The SMILES string of the molecule is CCCc1ccc(C(=O)Oc2ccc(F)cc2F)cc1. The zero-order chi connectivity index (χ0) is 14.5. The molecule has 0 spiro atoms. The van der Waals surface area contributed by atoms with E-state index in [1.807, 2.05) is 12.1 Å². The first kappa shape index (κ1) is 14.2. The molecule has 104 valence electrons. The Morgan fingerprint density at radius 3 is 2.40 bits per heavy atom. The van der Waals surface area contributed by atoms with E-state index in [-0.39, 0.29) is 5.75 Å². The second-order valence-corrected chi connectivity index (χ2v) is 4.41. The van der Waals surface area contributed by atoms with Gasteiger partial charge in [-0.05, 0) is 36.2 Å². The minimum absolute atomic E-state index is 0.283. The molecule has 0 aliphatic carbocycles. The fraction of sp³-hybridized carbons (Fsp3) is 0.188. The van der Waals surface area contributed by atoms with Gasteiger partial charge in [0.1, 0.15) is 5.82 Å². The smallest absolute Gasteiger partial charge is 0.343 e. The van der Waals surface area contributed by atoms with Crippen LogP contribution in [0.5, 0.6) is 5.75 Å². The summed E-state index contributed by atoms with van der Waals surface area (Å²) in [6, 6.07) is 9.74. The van der Waals surface area contributed by atoms with Crippen molar-refractivity contribution in [2.75, 3.05) is 0 Å². The minimum Gasteiger partial charge on any atom is -0.420 e. The van der Waals surface area contributed by atoms with E-state index in [0.29, 0.717) is 11.6 Å². The van der Waals surface area contributed by atoms with Gasteiger partial charge in [-0.2, -0.15) is 0 Å². The predicted octanol–water partition coefficient (Wildman–Crippen LogP) is 4.14. The monoisotopic (exact) mass is 276 g/mol. The molecule has 2 aromatic rings. The average molecular weight is 276 g/mol. The fourth-order valence-electron chi connectivity index (χ4n) is 1.81. The third-order valence-electron chi connectivity index (χ3n) is 2.82. The first-order valence-electron chi connectivity index (χ1n) is 6.36. The average Bonchev–Trinajstić information content (AvgIpc) is 2.43. The molecule has 20 heavy (non-hydrogen) atoms. The lowest BCUT2D eigenvalue weighted by Crippen LogP contribution is -2.09. The molecule has 0 aliphatic rings. The van der Waals surface area contributed by atoms with Gasteiger partial charge in [0, 0.05) is 6.07 Å². The zero-order valence-corrected chi connectivity index (χ0v) is 11.0. The molecule has 0 radical (unpaired) electrons. The summed E-state index contributed by atoms with van der Waals surface area (Å²) in [5.74, 6) is -2.57. The molecule has 0 atom stereocenters. The van der Waals surface area contributed by atoms with Crippen LogP contribution in [0, 0.1) is 11.6 Å². The number of hydrogen-bond acceptors (Lipinski definition) is 2. The number of carbonyl (C=O) groups excluding carboxylic acids is 1. The van der Waals surface area contributed by atoms with Crippen molar-refractivity contribution in [3.63, 3.8) is 0 Å². The third kappa shape index (κ3) is 3.41. The van der Waals surface area contributed by atoms with E-state index in [4.69, 9.17) is 4.74 Å². The van der Waals surface area contributed by atoms with Gasteiger partial charge in [-0.3, -0.25) is 0 Å². The van der Waals surface area contributed by atoms with Crippen LogP contribution in [0.1, 0.15) is 29.3 Å². The van der Waals surface area contributed by atoms with Crippen molar-refractivity contribution >= 4 is 5.97 Å².